The number of aryl methyl sites for hydroxylation is 2. The van der Waals surface area contributed by atoms with Gasteiger partial charge in [0.1, 0.15) is 5.75 Å². The Hall–Kier alpha value is -2.53. The van der Waals surface area contributed by atoms with Crippen LogP contribution in [-0.2, 0) is 9.59 Å². The second-order valence-electron chi connectivity index (χ2n) is 6.51. The van der Waals surface area contributed by atoms with E-state index >= 15 is 0 Å². The highest BCUT2D eigenvalue weighted by molar-refractivity contribution is 6.31. The number of carbonyl (C=O) groups is 2. The van der Waals surface area contributed by atoms with Crippen LogP contribution in [0.1, 0.15) is 17.5 Å². The van der Waals surface area contributed by atoms with Crippen molar-refractivity contribution in [3.05, 3.63) is 52.5 Å². The van der Waals surface area contributed by atoms with E-state index in [1.54, 1.807) is 23.1 Å². The molecule has 1 N–H and O–H groups in total. The van der Waals surface area contributed by atoms with Gasteiger partial charge >= 0.3 is 0 Å². The molecule has 2 aromatic carbocycles. The van der Waals surface area contributed by atoms with Crippen molar-refractivity contribution in [1.29, 1.82) is 0 Å². The number of benzene rings is 2. The molecule has 0 unspecified atom stereocenters. The molecule has 0 aromatic heterocycles. The van der Waals surface area contributed by atoms with E-state index in [1.165, 1.54) is 12.7 Å². The van der Waals surface area contributed by atoms with Crippen molar-refractivity contribution < 1.29 is 14.3 Å². The van der Waals surface area contributed by atoms with Crippen LogP contribution in [0.2, 0.25) is 5.02 Å². The van der Waals surface area contributed by atoms with Gasteiger partial charge in [-0.05, 0) is 55.3 Å². The van der Waals surface area contributed by atoms with Gasteiger partial charge in [-0.25, -0.2) is 0 Å². The second kappa shape index (κ2) is 7.38. The Balaban J connectivity index is 1.76. The van der Waals surface area contributed by atoms with Crippen molar-refractivity contribution in [2.24, 2.45) is 5.92 Å². The van der Waals surface area contributed by atoms with Crippen LogP contribution in [0.15, 0.2) is 36.4 Å². The van der Waals surface area contributed by atoms with E-state index in [2.05, 4.69) is 5.32 Å². The van der Waals surface area contributed by atoms with Gasteiger partial charge in [-0.1, -0.05) is 17.7 Å². The molecule has 6 heteroatoms. The van der Waals surface area contributed by atoms with E-state index in [0.717, 1.165) is 11.3 Å². The highest BCUT2D eigenvalue weighted by Gasteiger charge is 2.36. The lowest BCUT2D eigenvalue weighted by molar-refractivity contribution is -0.122. The topological polar surface area (TPSA) is 58.6 Å². The lowest BCUT2D eigenvalue weighted by atomic mass is 10.1. The molecule has 0 saturated carbocycles. The molecule has 2 aromatic rings. The van der Waals surface area contributed by atoms with Crippen LogP contribution in [0.25, 0.3) is 0 Å². The summed E-state index contributed by atoms with van der Waals surface area (Å²) in [5.74, 6) is -0.151. The summed E-state index contributed by atoms with van der Waals surface area (Å²) < 4.78 is 5.32. The fourth-order valence-corrected chi connectivity index (χ4v) is 3.22. The first-order valence-electron chi connectivity index (χ1n) is 8.41. The van der Waals surface area contributed by atoms with Crippen molar-refractivity contribution >= 4 is 34.8 Å². The highest BCUT2D eigenvalue weighted by Crippen LogP contribution is 2.35. The van der Waals surface area contributed by atoms with Gasteiger partial charge < -0.3 is 15.0 Å². The molecule has 0 bridgehead atoms. The number of halogens is 1. The molecule has 1 aliphatic heterocycles. The SMILES string of the molecule is COc1ccc(Cl)cc1N1C[C@H](C(=O)Nc2ccc(C)c(C)c2)CC1=O. The zero-order valence-electron chi connectivity index (χ0n) is 15.0. The number of carbonyl (C=O) groups excluding carboxylic acids is 2. The average Bonchev–Trinajstić information content (AvgIpc) is 3.00. The summed E-state index contributed by atoms with van der Waals surface area (Å²) in [5, 5.41) is 3.42. The van der Waals surface area contributed by atoms with E-state index in [4.69, 9.17) is 16.3 Å². The summed E-state index contributed by atoms with van der Waals surface area (Å²) in [7, 11) is 1.54. The molecule has 3 rings (SSSR count). The van der Waals surface area contributed by atoms with Crippen LogP contribution in [0.4, 0.5) is 11.4 Å². The minimum absolute atomic E-state index is 0.120. The number of nitrogens with zero attached hydrogens (tertiary/aromatic N) is 1. The summed E-state index contributed by atoms with van der Waals surface area (Å²) in [6, 6.07) is 10.9. The first-order valence-corrected chi connectivity index (χ1v) is 8.79. The maximum absolute atomic E-state index is 12.6. The molecule has 136 valence electrons. The third kappa shape index (κ3) is 3.68. The first kappa shape index (κ1) is 18.3. The number of methoxy groups -OCH3 is 1. The third-order valence-electron chi connectivity index (χ3n) is 4.70. The third-order valence-corrected chi connectivity index (χ3v) is 4.94. The van der Waals surface area contributed by atoms with Crippen LogP contribution in [-0.4, -0.2) is 25.5 Å². The zero-order valence-corrected chi connectivity index (χ0v) is 15.8. The Morgan fingerprint density at radius 1 is 1.19 bits per heavy atom. The number of amides is 2. The lowest BCUT2D eigenvalue weighted by Gasteiger charge is -2.20. The Bertz CT molecular complexity index is 866. The maximum Gasteiger partial charge on any atom is 0.229 e. The molecule has 1 saturated heterocycles. The molecule has 1 atom stereocenters. The summed E-state index contributed by atoms with van der Waals surface area (Å²) in [5.41, 5.74) is 3.60. The van der Waals surface area contributed by atoms with Crippen molar-refractivity contribution in [1.82, 2.24) is 0 Å². The van der Waals surface area contributed by atoms with Gasteiger partial charge in [0.05, 0.1) is 18.7 Å². The molecular weight excluding hydrogens is 352 g/mol. The largest absolute Gasteiger partial charge is 0.495 e. The minimum atomic E-state index is -0.423. The van der Waals surface area contributed by atoms with Gasteiger partial charge in [-0.3, -0.25) is 9.59 Å². The predicted molar refractivity (Wildman–Crippen MR) is 103 cm³/mol. The van der Waals surface area contributed by atoms with Crippen LogP contribution in [0, 0.1) is 19.8 Å². The molecule has 0 radical (unpaired) electrons. The quantitative estimate of drug-likeness (QED) is 0.883. The smallest absolute Gasteiger partial charge is 0.229 e. The average molecular weight is 373 g/mol. The van der Waals surface area contributed by atoms with Gasteiger partial charge in [0.15, 0.2) is 0 Å². The van der Waals surface area contributed by atoms with Crippen molar-refractivity contribution in [3.8, 4) is 5.75 Å². The molecule has 26 heavy (non-hydrogen) atoms. The number of rotatable bonds is 4. The summed E-state index contributed by atoms with van der Waals surface area (Å²) in [6.45, 7) is 4.32. The monoisotopic (exact) mass is 372 g/mol. The Kier molecular flexibility index (Phi) is 5.18. The number of hydrogen-bond donors (Lipinski definition) is 1. The van der Waals surface area contributed by atoms with Crippen LogP contribution >= 0.6 is 11.6 Å². The van der Waals surface area contributed by atoms with Gasteiger partial charge in [0.2, 0.25) is 11.8 Å². The van der Waals surface area contributed by atoms with Gasteiger partial charge in [0.25, 0.3) is 0 Å². The summed E-state index contributed by atoms with van der Waals surface area (Å²) >= 11 is 6.06. The van der Waals surface area contributed by atoms with E-state index in [1.807, 2.05) is 32.0 Å². The standard InChI is InChI=1S/C20H21ClN2O3/c1-12-4-6-16(8-13(12)2)22-20(25)14-9-19(24)23(11-14)17-10-15(21)5-7-18(17)26-3/h4-8,10,14H,9,11H2,1-3H3,(H,22,25)/t14-/m1/s1. The van der Waals surface area contributed by atoms with Gasteiger partial charge in [-0.2, -0.15) is 0 Å². The summed E-state index contributed by atoms with van der Waals surface area (Å²) in [4.78, 5) is 26.6. The Morgan fingerprint density at radius 2 is 1.96 bits per heavy atom. The molecule has 1 aliphatic rings. The van der Waals surface area contributed by atoms with Crippen LogP contribution < -0.4 is 15.0 Å². The molecule has 0 aliphatic carbocycles. The van der Waals surface area contributed by atoms with Crippen molar-refractivity contribution in [2.75, 3.05) is 23.9 Å². The Labute approximate surface area is 157 Å². The second-order valence-corrected chi connectivity index (χ2v) is 6.95. The number of nitrogens with one attached hydrogen (secondary N) is 1. The normalized spacial score (nSPS) is 16.7. The van der Waals surface area contributed by atoms with E-state index in [9.17, 15) is 9.59 Å². The van der Waals surface area contributed by atoms with Gasteiger partial charge in [-0.15, -0.1) is 0 Å². The minimum Gasteiger partial charge on any atom is -0.495 e. The number of anilines is 2. The van der Waals surface area contributed by atoms with E-state index in [-0.39, 0.29) is 18.2 Å². The molecule has 0 spiro atoms. The van der Waals surface area contributed by atoms with Crippen molar-refractivity contribution in [3.63, 3.8) is 0 Å². The van der Waals surface area contributed by atoms with E-state index in [0.29, 0.717) is 23.0 Å². The predicted octanol–water partition coefficient (Wildman–Crippen LogP) is 3.96. The Morgan fingerprint density at radius 3 is 2.65 bits per heavy atom. The number of hydrogen-bond acceptors (Lipinski definition) is 3. The summed E-state index contributed by atoms with van der Waals surface area (Å²) in [6.07, 6.45) is 0.159. The van der Waals surface area contributed by atoms with Gasteiger partial charge in [0, 0.05) is 23.7 Å². The van der Waals surface area contributed by atoms with Crippen LogP contribution in [0.3, 0.4) is 0 Å². The first-order chi connectivity index (χ1) is 12.4. The fourth-order valence-electron chi connectivity index (χ4n) is 3.05. The van der Waals surface area contributed by atoms with Crippen molar-refractivity contribution in [2.45, 2.75) is 20.3 Å². The molecule has 1 fully saturated rings. The fraction of sp³-hybridized carbons (Fsp3) is 0.300. The highest BCUT2D eigenvalue weighted by atomic mass is 35.5. The van der Waals surface area contributed by atoms with E-state index < -0.39 is 5.92 Å². The maximum atomic E-state index is 12.6. The number of ether oxygens (including phenoxy) is 1. The zero-order chi connectivity index (χ0) is 18.8. The molecular formula is C20H21ClN2O3. The molecule has 5 nitrogen and oxygen atoms in total. The van der Waals surface area contributed by atoms with Crippen LogP contribution in [0.5, 0.6) is 5.75 Å². The molecule has 2 amide bonds. The molecule has 1 heterocycles. The lowest BCUT2D eigenvalue weighted by Crippen LogP contribution is -2.28.